The highest BCUT2D eigenvalue weighted by molar-refractivity contribution is 8.24. The summed E-state index contributed by atoms with van der Waals surface area (Å²) >= 11 is 0. The molecule has 2 aromatic carbocycles. The van der Waals surface area contributed by atoms with Gasteiger partial charge in [-0.05, 0) is 64.0 Å². The third-order valence-electron chi connectivity index (χ3n) is 8.01. The van der Waals surface area contributed by atoms with Crippen molar-refractivity contribution in [2.24, 2.45) is 0 Å². The van der Waals surface area contributed by atoms with Gasteiger partial charge in [0.1, 0.15) is 11.8 Å². The number of carboxylic acids is 1. The Morgan fingerprint density at radius 2 is 1.83 bits per heavy atom. The van der Waals surface area contributed by atoms with Crippen LogP contribution in [0.4, 0.5) is 0 Å². The predicted octanol–water partition coefficient (Wildman–Crippen LogP) is 6.44. The Bertz CT molecular complexity index is 1100. The first kappa shape index (κ1) is 37.8. The van der Waals surface area contributed by atoms with Gasteiger partial charge in [0.05, 0.1) is 23.8 Å². The summed E-state index contributed by atoms with van der Waals surface area (Å²) in [6, 6.07) is 12.9. The first-order valence-electron chi connectivity index (χ1n) is 14.5. The largest absolute Gasteiger partial charge is 0.496 e. The first-order chi connectivity index (χ1) is 19.1. The van der Waals surface area contributed by atoms with Gasteiger partial charge in [-0.3, -0.25) is 19.2 Å². The highest BCUT2D eigenvalue weighted by Crippen LogP contribution is 2.58. The molecule has 0 radical (unpaired) electrons. The number of aliphatic carboxylic acids is 1. The summed E-state index contributed by atoms with van der Waals surface area (Å²) in [6.45, 7) is 5.42. The van der Waals surface area contributed by atoms with Crippen LogP contribution in [-0.4, -0.2) is 70.2 Å². The zero-order valence-electron chi connectivity index (χ0n) is 26.2. The maximum atomic E-state index is 12.0. The Hall–Kier alpha value is -2.22. The van der Waals surface area contributed by atoms with E-state index in [1.54, 1.807) is 7.11 Å². The van der Waals surface area contributed by atoms with Gasteiger partial charge in [-0.1, -0.05) is 63.4 Å². The van der Waals surface area contributed by atoms with Crippen molar-refractivity contribution in [3.63, 3.8) is 0 Å². The lowest BCUT2D eigenvalue weighted by atomic mass is 9.88. The summed E-state index contributed by atoms with van der Waals surface area (Å²) < 4.78 is 29.2. The lowest BCUT2D eigenvalue weighted by molar-refractivity contribution is -0.139. The summed E-state index contributed by atoms with van der Waals surface area (Å²) in [6.07, 6.45) is 5.85. The molecule has 3 atom stereocenters. The van der Waals surface area contributed by atoms with Gasteiger partial charge in [0.2, 0.25) is 0 Å². The minimum absolute atomic E-state index is 0. The van der Waals surface area contributed by atoms with Crippen molar-refractivity contribution < 1.29 is 23.7 Å². The highest BCUT2D eigenvalue weighted by Gasteiger charge is 2.42. The first-order valence-corrected chi connectivity index (χ1v) is 16.2. The van der Waals surface area contributed by atoms with E-state index in [1.807, 2.05) is 44.4 Å². The van der Waals surface area contributed by atoms with Crippen LogP contribution in [0.5, 0.6) is 5.75 Å². The van der Waals surface area contributed by atoms with E-state index in [2.05, 4.69) is 41.5 Å². The molecule has 11 heteroatoms. The topological polar surface area (TPSA) is 184 Å². The number of hydrogen-bond donors (Lipinski definition) is 7. The van der Waals surface area contributed by atoms with Crippen molar-refractivity contribution in [2.75, 3.05) is 33.5 Å². The molecular formula is C31H55N5O5S. The van der Waals surface area contributed by atoms with E-state index in [0.717, 1.165) is 56.2 Å². The lowest BCUT2D eigenvalue weighted by Gasteiger charge is -2.42. The van der Waals surface area contributed by atoms with E-state index in [9.17, 15) is 19.0 Å². The fourth-order valence-electron chi connectivity index (χ4n) is 5.61. The van der Waals surface area contributed by atoms with Crippen molar-refractivity contribution in [1.82, 2.24) is 27.8 Å². The lowest BCUT2D eigenvalue weighted by Crippen LogP contribution is -2.49. The van der Waals surface area contributed by atoms with Crippen molar-refractivity contribution in [3.8, 4) is 5.75 Å². The Morgan fingerprint density at radius 1 is 1.14 bits per heavy atom. The second-order valence-electron chi connectivity index (χ2n) is 11.3. The van der Waals surface area contributed by atoms with Gasteiger partial charge < -0.3 is 32.4 Å². The van der Waals surface area contributed by atoms with Crippen LogP contribution in [0, 0.1) is 0 Å². The summed E-state index contributed by atoms with van der Waals surface area (Å²) in [5.74, 6) is -0.0614. The smallest absolute Gasteiger partial charge is 0.320 e. The van der Waals surface area contributed by atoms with Crippen LogP contribution >= 0.6 is 10.6 Å². The fourth-order valence-corrected chi connectivity index (χ4v) is 7.86. The zero-order chi connectivity index (χ0) is 29.3. The molecule has 0 fully saturated rings. The standard InChI is InChI=1S/C31H49N3O5S.2H3N/c1-6-8-17-31(7-2)22-40(37,38)28-19-24(21-32-26(30(35)36)16-12-13-18-34(3)4)27(39-5)20-25(28)29(33-31)23-14-10-9-11-15-23;;/h9-11,14-15,19-20,26,29,32-33,37-38H,6-8,12-13,16-18,21-22H2,1-5H3,(H,35,36);2*1H3/t26-,29+,31+;;/m0../s1. The molecule has 1 aliphatic heterocycles. The maximum absolute atomic E-state index is 12.0. The third-order valence-corrected chi connectivity index (χ3v) is 10.0. The van der Waals surface area contributed by atoms with Gasteiger partial charge in [0.15, 0.2) is 0 Å². The average Bonchev–Trinajstić information content (AvgIpc) is 3.03. The number of rotatable bonds is 15. The van der Waals surface area contributed by atoms with Gasteiger partial charge in [-0.25, -0.2) is 0 Å². The van der Waals surface area contributed by atoms with Gasteiger partial charge >= 0.3 is 5.97 Å². The Morgan fingerprint density at radius 3 is 2.40 bits per heavy atom. The summed E-state index contributed by atoms with van der Waals surface area (Å²) in [4.78, 5) is 14.6. The van der Waals surface area contributed by atoms with Crippen LogP contribution < -0.4 is 27.7 Å². The second-order valence-corrected chi connectivity index (χ2v) is 13.4. The van der Waals surface area contributed by atoms with Crippen LogP contribution in [-0.2, 0) is 11.3 Å². The number of nitrogens with one attached hydrogen (secondary N) is 2. The third kappa shape index (κ3) is 9.65. The summed E-state index contributed by atoms with van der Waals surface area (Å²) in [7, 11) is 2.45. The number of ether oxygens (including phenoxy) is 1. The molecule has 3 rings (SSSR count). The van der Waals surface area contributed by atoms with E-state index in [4.69, 9.17) is 4.74 Å². The van der Waals surface area contributed by atoms with Crippen LogP contribution in [0.15, 0.2) is 47.4 Å². The normalized spacial score (nSPS) is 20.8. The molecule has 11 N–H and O–H groups in total. The number of unbranched alkanes of at least 4 members (excludes halogenated alkanes) is 2. The maximum Gasteiger partial charge on any atom is 0.320 e. The van der Waals surface area contributed by atoms with Crippen LogP contribution in [0.3, 0.4) is 0 Å². The number of carbonyl (C=O) groups is 1. The van der Waals surface area contributed by atoms with Gasteiger partial charge in [0, 0.05) is 23.2 Å². The molecular weight excluding hydrogens is 554 g/mol. The van der Waals surface area contributed by atoms with E-state index < -0.39 is 28.1 Å². The molecule has 2 aromatic rings. The molecule has 0 aromatic heterocycles. The zero-order valence-corrected chi connectivity index (χ0v) is 27.0. The molecule has 240 valence electrons. The quantitative estimate of drug-likeness (QED) is 0.111. The van der Waals surface area contributed by atoms with Crippen molar-refractivity contribution in [1.29, 1.82) is 0 Å². The number of carboxylic acid groups (broad SMARTS) is 1. The van der Waals surface area contributed by atoms with Crippen molar-refractivity contribution >= 4 is 16.6 Å². The Balaban J connectivity index is 0.00000441. The van der Waals surface area contributed by atoms with Crippen LogP contribution in [0.25, 0.3) is 0 Å². The Kier molecular flexibility index (Phi) is 15.5. The van der Waals surface area contributed by atoms with E-state index in [0.29, 0.717) is 22.6 Å². The number of methoxy groups -OCH3 is 1. The molecule has 1 aliphatic rings. The van der Waals surface area contributed by atoms with Crippen LogP contribution in [0.2, 0.25) is 0 Å². The average molecular weight is 610 g/mol. The van der Waals surface area contributed by atoms with E-state index in [1.165, 1.54) is 0 Å². The molecule has 42 heavy (non-hydrogen) atoms. The molecule has 0 bridgehead atoms. The monoisotopic (exact) mass is 609 g/mol. The van der Waals surface area contributed by atoms with Gasteiger partial charge in [-0.2, -0.15) is 10.6 Å². The minimum Gasteiger partial charge on any atom is -0.496 e. The number of benzene rings is 2. The Labute approximate surface area is 254 Å². The fraction of sp³-hybridized carbons (Fsp3) is 0.581. The van der Waals surface area contributed by atoms with E-state index >= 15 is 0 Å². The number of nitrogens with zero attached hydrogens (tertiary/aromatic N) is 1. The second kappa shape index (κ2) is 17.2. The molecule has 0 saturated carbocycles. The summed E-state index contributed by atoms with van der Waals surface area (Å²) in [5.41, 5.74) is 2.11. The number of hydrogen-bond acceptors (Lipinski definition) is 9. The van der Waals surface area contributed by atoms with Gasteiger partial charge in [-0.15, -0.1) is 0 Å². The predicted molar refractivity (Wildman–Crippen MR) is 174 cm³/mol. The molecule has 0 spiro atoms. The molecule has 0 amide bonds. The summed E-state index contributed by atoms with van der Waals surface area (Å²) in [5, 5.41) is 16.9. The minimum atomic E-state index is -3.16. The van der Waals surface area contributed by atoms with E-state index in [-0.39, 0.29) is 30.6 Å². The molecule has 0 saturated heterocycles. The number of fused-ring (bicyclic) bond motifs is 1. The highest BCUT2D eigenvalue weighted by atomic mass is 32.3. The SMILES string of the molecule is CCCC[C@]1(CC)CS(O)(O)c2cc(CN[C@@H](CCCCN(C)C)C(=O)O)c(OC)cc2[C@@H](c2ccccc2)N1.N.N. The molecule has 1 heterocycles. The molecule has 0 unspecified atom stereocenters. The van der Waals surface area contributed by atoms with Crippen LogP contribution in [0.1, 0.15) is 81.5 Å². The van der Waals surface area contributed by atoms with Crippen molar-refractivity contribution in [3.05, 3.63) is 59.2 Å². The molecule has 0 aliphatic carbocycles. The van der Waals surface area contributed by atoms with Gasteiger partial charge in [0.25, 0.3) is 0 Å². The molecule has 10 nitrogen and oxygen atoms in total. The van der Waals surface area contributed by atoms with Crippen molar-refractivity contribution in [2.45, 2.75) is 87.9 Å².